The van der Waals surface area contributed by atoms with E-state index < -0.39 is 0 Å². The summed E-state index contributed by atoms with van der Waals surface area (Å²) in [5.41, 5.74) is 0.223. The molecule has 0 aliphatic carbocycles. The molecule has 0 aromatic rings. The average molecular weight is 209 g/mol. The van der Waals surface area contributed by atoms with E-state index in [9.17, 15) is 0 Å². The second kappa shape index (κ2) is 4.96. The quantitative estimate of drug-likeness (QED) is 0.693. The van der Waals surface area contributed by atoms with Crippen LogP contribution in [0.5, 0.6) is 0 Å². The van der Waals surface area contributed by atoms with E-state index in [1.807, 2.05) is 0 Å². The third kappa shape index (κ3) is 2.93. The van der Waals surface area contributed by atoms with Gasteiger partial charge in [-0.15, -0.1) is 0 Å². The molecule has 0 aromatic carbocycles. The van der Waals surface area contributed by atoms with E-state index in [4.69, 9.17) is 5.26 Å². The summed E-state index contributed by atoms with van der Waals surface area (Å²) in [6.07, 6.45) is 1.82. The highest BCUT2D eigenvalue weighted by atomic mass is 15.3. The lowest BCUT2D eigenvalue weighted by molar-refractivity contribution is 0.0838. The highest BCUT2D eigenvalue weighted by Crippen LogP contribution is 2.26. The molecule has 1 heterocycles. The van der Waals surface area contributed by atoms with Crippen LogP contribution in [0.4, 0.5) is 0 Å². The van der Waals surface area contributed by atoms with Crippen LogP contribution in [0.15, 0.2) is 0 Å². The molecule has 1 atom stereocenters. The molecule has 0 aromatic heterocycles. The van der Waals surface area contributed by atoms with E-state index in [0.29, 0.717) is 12.5 Å². The Morgan fingerprint density at radius 2 is 2.13 bits per heavy atom. The summed E-state index contributed by atoms with van der Waals surface area (Å²) in [5.74, 6) is 0. The van der Waals surface area contributed by atoms with Crippen molar-refractivity contribution in [2.45, 2.75) is 45.2 Å². The predicted octanol–water partition coefficient (Wildman–Crippen LogP) is 1.70. The summed E-state index contributed by atoms with van der Waals surface area (Å²) in [6, 6.07) is 2.71. The Labute approximate surface area is 93.7 Å². The van der Waals surface area contributed by atoms with Crippen molar-refractivity contribution in [1.82, 2.24) is 9.80 Å². The van der Waals surface area contributed by atoms with Gasteiger partial charge in [0.25, 0.3) is 0 Å². The van der Waals surface area contributed by atoms with Crippen molar-refractivity contribution in [3.63, 3.8) is 0 Å². The van der Waals surface area contributed by atoms with E-state index in [-0.39, 0.29) is 5.54 Å². The van der Waals surface area contributed by atoms with Gasteiger partial charge in [-0.1, -0.05) is 6.92 Å². The van der Waals surface area contributed by atoms with Gasteiger partial charge in [0.1, 0.15) is 0 Å². The normalized spacial score (nSPS) is 28.3. The standard InChI is InChI=1S/C12H23N3/c1-5-15-11(6-8-13)10-14(4)9-7-12(15,2)3/h11H,5-7,9-10H2,1-4H3. The van der Waals surface area contributed by atoms with Crippen molar-refractivity contribution in [3.8, 4) is 6.07 Å². The highest BCUT2D eigenvalue weighted by Gasteiger charge is 2.34. The van der Waals surface area contributed by atoms with Gasteiger partial charge in [-0.25, -0.2) is 0 Å². The molecule has 1 aliphatic rings. The molecule has 86 valence electrons. The number of hydrogen-bond donors (Lipinski definition) is 0. The highest BCUT2D eigenvalue weighted by molar-refractivity contribution is 4.94. The Bertz CT molecular complexity index is 242. The summed E-state index contributed by atoms with van der Waals surface area (Å²) < 4.78 is 0. The van der Waals surface area contributed by atoms with Gasteiger partial charge in [-0.3, -0.25) is 4.90 Å². The number of rotatable bonds is 2. The summed E-state index contributed by atoms with van der Waals surface area (Å²) in [4.78, 5) is 4.83. The van der Waals surface area contributed by atoms with Crippen LogP contribution in [-0.2, 0) is 0 Å². The molecule has 1 aliphatic heterocycles. The van der Waals surface area contributed by atoms with E-state index in [0.717, 1.165) is 19.6 Å². The fourth-order valence-electron chi connectivity index (χ4n) is 2.62. The average Bonchev–Trinajstić information content (AvgIpc) is 2.25. The van der Waals surface area contributed by atoms with Gasteiger partial charge < -0.3 is 4.90 Å². The second-order valence-electron chi connectivity index (χ2n) is 5.13. The molecule has 3 nitrogen and oxygen atoms in total. The van der Waals surface area contributed by atoms with Gasteiger partial charge in [0.15, 0.2) is 0 Å². The van der Waals surface area contributed by atoms with Gasteiger partial charge in [-0.05, 0) is 40.4 Å². The van der Waals surface area contributed by atoms with Crippen molar-refractivity contribution in [2.75, 3.05) is 26.7 Å². The third-order valence-electron chi connectivity index (χ3n) is 3.51. The van der Waals surface area contributed by atoms with Crippen LogP contribution in [0.1, 0.15) is 33.6 Å². The van der Waals surface area contributed by atoms with Crippen LogP contribution in [-0.4, -0.2) is 48.1 Å². The smallest absolute Gasteiger partial charge is 0.0638 e. The molecule has 0 radical (unpaired) electrons. The van der Waals surface area contributed by atoms with E-state index in [1.54, 1.807) is 0 Å². The third-order valence-corrected chi connectivity index (χ3v) is 3.51. The molecule has 1 unspecified atom stereocenters. The summed E-state index contributed by atoms with van der Waals surface area (Å²) >= 11 is 0. The predicted molar refractivity (Wildman–Crippen MR) is 62.6 cm³/mol. The molecule has 3 heteroatoms. The molecule has 1 saturated heterocycles. The molecule has 0 bridgehead atoms. The van der Waals surface area contributed by atoms with Gasteiger partial charge in [0.2, 0.25) is 0 Å². The van der Waals surface area contributed by atoms with Gasteiger partial charge in [0, 0.05) is 18.1 Å². The zero-order valence-electron chi connectivity index (χ0n) is 10.5. The first kappa shape index (κ1) is 12.5. The van der Waals surface area contributed by atoms with Gasteiger partial charge >= 0.3 is 0 Å². The molecular formula is C12H23N3. The van der Waals surface area contributed by atoms with Crippen LogP contribution < -0.4 is 0 Å². The summed E-state index contributed by atoms with van der Waals surface area (Å²) in [5, 5.41) is 8.88. The van der Waals surface area contributed by atoms with Crippen molar-refractivity contribution in [2.24, 2.45) is 0 Å². The maximum atomic E-state index is 8.88. The van der Waals surface area contributed by atoms with Crippen LogP contribution in [0.2, 0.25) is 0 Å². The van der Waals surface area contributed by atoms with Crippen LogP contribution in [0, 0.1) is 11.3 Å². The van der Waals surface area contributed by atoms with Crippen LogP contribution in [0.3, 0.4) is 0 Å². The largest absolute Gasteiger partial charge is 0.305 e. The summed E-state index contributed by atoms with van der Waals surface area (Å²) in [7, 11) is 2.15. The number of likely N-dealkylation sites (N-methyl/N-ethyl adjacent to an activating group) is 2. The molecule has 0 N–H and O–H groups in total. The second-order valence-corrected chi connectivity index (χ2v) is 5.13. The molecule has 1 rings (SSSR count). The van der Waals surface area contributed by atoms with Crippen LogP contribution in [0.25, 0.3) is 0 Å². The molecule has 0 amide bonds. The van der Waals surface area contributed by atoms with Crippen molar-refractivity contribution in [3.05, 3.63) is 0 Å². The molecule has 0 saturated carbocycles. The van der Waals surface area contributed by atoms with Crippen molar-refractivity contribution in [1.29, 1.82) is 5.26 Å². The topological polar surface area (TPSA) is 30.3 Å². The molecular weight excluding hydrogens is 186 g/mol. The monoisotopic (exact) mass is 209 g/mol. The SMILES string of the molecule is CCN1C(CC#N)CN(C)CCC1(C)C. The van der Waals surface area contributed by atoms with Gasteiger partial charge in [-0.2, -0.15) is 5.26 Å². The number of nitriles is 1. The molecule has 0 spiro atoms. The Balaban J connectivity index is 2.84. The Kier molecular flexibility index (Phi) is 4.12. The van der Waals surface area contributed by atoms with Crippen molar-refractivity contribution >= 4 is 0 Å². The maximum Gasteiger partial charge on any atom is 0.0638 e. The Hall–Kier alpha value is -0.590. The number of nitrogens with zero attached hydrogens (tertiary/aromatic N) is 3. The Morgan fingerprint density at radius 1 is 1.47 bits per heavy atom. The lowest BCUT2D eigenvalue weighted by atomic mass is 9.96. The minimum Gasteiger partial charge on any atom is -0.305 e. The van der Waals surface area contributed by atoms with Crippen molar-refractivity contribution < 1.29 is 0 Å². The lowest BCUT2D eigenvalue weighted by Gasteiger charge is -2.40. The van der Waals surface area contributed by atoms with Crippen LogP contribution >= 0.6 is 0 Å². The Morgan fingerprint density at radius 3 is 2.67 bits per heavy atom. The van der Waals surface area contributed by atoms with E-state index >= 15 is 0 Å². The van der Waals surface area contributed by atoms with Gasteiger partial charge in [0.05, 0.1) is 12.5 Å². The van der Waals surface area contributed by atoms with E-state index in [2.05, 4.69) is 43.7 Å². The minimum absolute atomic E-state index is 0.223. The minimum atomic E-state index is 0.223. The maximum absolute atomic E-state index is 8.88. The first-order valence-corrected chi connectivity index (χ1v) is 5.83. The molecule has 15 heavy (non-hydrogen) atoms. The molecule has 1 fully saturated rings. The first-order chi connectivity index (χ1) is 7.01. The first-order valence-electron chi connectivity index (χ1n) is 5.83. The fourth-order valence-corrected chi connectivity index (χ4v) is 2.62. The fraction of sp³-hybridized carbons (Fsp3) is 0.917. The van der Waals surface area contributed by atoms with E-state index in [1.165, 1.54) is 6.42 Å². The zero-order valence-corrected chi connectivity index (χ0v) is 10.5. The summed E-state index contributed by atoms with van der Waals surface area (Å²) in [6.45, 7) is 9.96. The number of hydrogen-bond acceptors (Lipinski definition) is 3. The zero-order chi connectivity index (χ0) is 11.5. The lowest BCUT2D eigenvalue weighted by Crippen LogP contribution is -2.50.